The standard InChI is InChI=1S/C4H6O2.Al.H2O.3H/c1-3(2)4(5)6;;;;;/h1H2,2H3,(H,5,6);;1H2;;;. The number of rotatable bonds is 1. The minimum Gasteiger partial charge on any atom is -0.478 e. The first-order valence-electron chi connectivity index (χ1n) is 1.53. The van der Waals surface area contributed by atoms with E-state index >= 15 is 0 Å². The minimum atomic E-state index is -0.935. The maximum absolute atomic E-state index is 9.60. The molecule has 0 saturated heterocycles. The van der Waals surface area contributed by atoms with Gasteiger partial charge < -0.3 is 10.6 Å². The summed E-state index contributed by atoms with van der Waals surface area (Å²) < 4.78 is 0. The van der Waals surface area contributed by atoms with Crippen molar-refractivity contribution in [3.05, 3.63) is 12.2 Å². The van der Waals surface area contributed by atoms with Gasteiger partial charge in [-0.1, -0.05) is 6.58 Å². The molecule has 0 unspecified atom stereocenters. The highest BCUT2D eigenvalue weighted by Gasteiger charge is 1.90. The summed E-state index contributed by atoms with van der Waals surface area (Å²) >= 11 is 0. The Morgan fingerprint density at radius 3 is 1.75 bits per heavy atom. The molecule has 0 aliphatic rings. The second kappa shape index (κ2) is 6.70. The third kappa shape index (κ3) is 9.20. The van der Waals surface area contributed by atoms with Crippen molar-refractivity contribution in [1.82, 2.24) is 0 Å². The number of aliphatic carboxylic acids is 1. The Kier molecular flexibility index (Phi) is 13.1. The van der Waals surface area contributed by atoms with Gasteiger partial charge in [-0.3, -0.25) is 0 Å². The van der Waals surface area contributed by atoms with Crippen molar-refractivity contribution in [2.45, 2.75) is 6.92 Å². The van der Waals surface area contributed by atoms with Crippen molar-refractivity contribution >= 4 is 23.3 Å². The Labute approximate surface area is 58.5 Å². The molecule has 0 saturated carbocycles. The van der Waals surface area contributed by atoms with Crippen LogP contribution in [0.4, 0.5) is 0 Å². The van der Waals surface area contributed by atoms with Crippen molar-refractivity contribution in [2.24, 2.45) is 0 Å². The van der Waals surface area contributed by atoms with Crippen LogP contribution in [0.1, 0.15) is 6.92 Å². The number of hydrogen-bond acceptors (Lipinski definition) is 1. The zero-order valence-electron chi connectivity index (χ0n) is 4.06. The van der Waals surface area contributed by atoms with Gasteiger partial charge in [0.25, 0.3) is 0 Å². The highest BCUT2D eigenvalue weighted by Crippen LogP contribution is 1.81. The van der Waals surface area contributed by atoms with E-state index in [-0.39, 0.29) is 28.4 Å². The molecule has 0 radical (unpaired) electrons. The molecule has 0 aliphatic carbocycles. The molecule has 0 aromatic heterocycles. The van der Waals surface area contributed by atoms with E-state index in [2.05, 4.69) is 6.58 Å². The molecule has 0 fully saturated rings. The van der Waals surface area contributed by atoms with E-state index in [9.17, 15) is 4.79 Å². The molecule has 0 amide bonds. The summed E-state index contributed by atoms with van der Waals surface area (Å²) in [7, 11) is 0. The number of carboxylic acids is 1. The Morgan fingerprint density at radius 1 is 1.62 bits per heavy atom. The largest absolute Gasteiger partial charge is 0.478 e. The van der Waals surface area contributed by atoms with Crippen LogP contribution in [0, 0.1) is 0 Å². The fourth-order valence-corrected chi connectivity index (χ4v) is 0. The van der Waals surface area contributed by atoms with E-state index in [1.807, 2.05) is 0 Å². The summed E-state index contributed by atoms with van der Waals surface area (Å²) in [4.78, 5) is 9.60. The van der Waals surface area contributed by atoms with E-state index in [4.69, 9.17) is 5.11 Å². The predicted molar refractivity (Wildman–Crippen MR) is 36.0 cm³/mol. The van der Waals surface area contributed by atoms with Gasteiger partial charge in [-0.2, -0.15) is 0 Å². The highest BCUT2D eigenvalue weighted by atomic mass is 27.0. The maximum Gasteiger partial charge on any atom is 0.330 e. The van der Waals surface area contributed by atoms with Crippen molar-refractivity contribution in [2.75, 3.05) is 0 Å². The summed E-state index contributed by atoms with van der Waals surface area (Å²) in [5, 5.41) is 7.89. The van der Waals surface area contributed by atoms with E-state index in [1.54, 1.807) is 0 Å². The van der Waals surface area contributed by atoms with E-state index in [0.29, 0.717) is 0 Å². The summed E-state index contributed by atoms with van der Waals surface area (Å²) in [6, 6.07) is 0. The molecule has 0 aliphatic heterocycles. The molecule has 4 heteroatoms. The summed E-state index contributed by atoms with van der Waals surface area (Å²) in [5.74, 6) is -0.935. The second-order valence-corrected chi connectivity index (χ2v) is 1.09. The normalized spacial score (nSPS) is 5.62. The third-order valence-electron chi connectivity index (χ3n) is 0.365. The van der Waals surface area contributed by atoms with E-state index in [1.165, 1.54) is 6.92 Å². The highest BCUT2D eigenvalue weighted by molar-refractivity contribution is 5.84. The van der Waals surface area contributed by atoms with Crippen LogP contribution in [0.3, 0.4) is 0 Å². The zero-order valence-corrected chi connectivity index (χ0v) is 4.06. The Bertz CT molecular complexity index is 77.3. The molecular formula is C4H11AlO3. The average molecular weight is 134 g/mol. The van der Waals surface area contributed by atoms with Crippen LogP contribution in [0.15, 0.2) is 12.2 Å². The average Bonchev–Trinajstić information content (AvgIpc) is 1.36. The third-order valence-corrected chi connectivity index (χ3v) is 0.365. The van der Waals surface area contributed by atoms with Crippen LogP contribution in [0.5, 0.6) is 0 Å². The molecule has 3 N–H and O–H groups in total. The Balaban J connectivity index is -0.000000125. The molecular weight excluding hydrogens is 123 g/mol. The molecule has 3 nitrogen and oxygen atoms in total. The SMILES string of the molecule is C=C(C)C(=O)O.O.[AlH3]. The Hall–Kier alpha value is -0.298. The van der Waals surface area contributed by atoms with Crippen LogP contribution in [0.25, 0.3) is 0 Å². The van der Waals surface area contributed by atoms with E-state index in [0.717, 1.165) is 0 Å². The lowest BCUT2D eigenvalue weighted by molar-refractivity contribution is -0.132. The van der Waals surface area contributed by atoms with Crippen LogP contribution in [-0.4, -0.2) is 33.9 Å². The molecule has 0 spiro atoms. The van der Waals surface area contributed by atoms with Crippen LogP contribution in [-0.2, 0) is 4.79 Å². The van der Waals surface area contributed by atoms with E-state index < -0.39 is 5.97 Å². The topological polar surface area (TPSA) is 68.8 Å². The fraction of sp³-hybridized carbons (Fsp3) is 0.250. The molecule has 0 aromatic rings. The lowest BCUT2D eigenvalue weighted by Crippen LogP contribution is -1.92. The van der Waals surface area contributed by atoms with Crippen molar-refractivity contribution < 1.29 is 15.4 Å². The first-order valence-corrected chi connectivity index (χ1v) is 1.53. The van der Waals surface area contributed by atoms with Crippen molar-refractivity contribution in [3.63, 3.8) is 0 Å². The molecule has 0 atom stereocenters. The second-order valence-electron chi connectivity index (χ2n) is 1.09. The Morgan fingerprint density at radius 2 is 1.75 bits per heavy atom. The lowest BCUT2D eigenvalue weighted by Gasteiger charge is -1.79. The van der Waals surface area contributed by atoms with Gasteiger partial charge >= 0.3 is 5.97 Å². The van der Waals surface area contributed by atoms with Crippen molar-refractivity contribution in [3.8, 4) is 0 Å². The van der Waals surface area contributed by atoms with Crippen LogP contribution >= 0.6 is 0 Å². The fourth-order valence-electron chi connectivity index (χ4n) is 0. The van der Waals surface area contributed by atoms with Gasteiger partial charge in [-0.05, 0) is 6.92 Å². The molecule has 0 bridgehead atoms. The van der Waals surface area contributed by atoms with Gasteiger partial charge in [-0.15, -0.1) is 0 Å². The predicted octanol–water partition coefficient (Wildman–Crippen LogP) is -1.36. The summed E-state index contributed by atoms with van der Waals surface area (Å²) in [6.45, 7) is 4.60. The minimum absolute atomic E-state index is 0. The van der Waals surface area contributed by atoms with Crippen molar-refractivity contribution in [1.29, 1.82) is 0 Å². The molecule has 0 heterocycles. The van der Waals surface area contributed by atoms with Gasteiger partial charge in [0.05, 0.1) is 0 Å². The first-order chi connectivity index (χ1) is 2.64. The molecule has 48 valence electrons. The first kappa shape index (κ1) is 15.6. The van der Waals surface area contributed by atoms with Crippen LogP contribution in [0.2, 0.25) is 0 Å². The maximum atomic E-state index is 9.60. The van der Waals surface area contributed by atoms with Gasteiger partial charge in [0.1, 0.15) is 0 Å². The van der Waals surface area contributed by atoms with Gasteiger partial charge in [-0.25, -0.2) is 4.79 Å². The lowest BCUT2D eigenvalue weighted by atomic mass is 10.4. The number of carbonyl (C=O) groups is 1. The monoisotopic (exact) mass is 134 g/mol. The van der Waals surface area contributed by atoms with Crippen LogP contribution < -0.4 is 0 Å². The number of hydrogen-bond donors (Lipinski definition) is 1. The molecule has 0 rings (SSSR count). The molecule has 8 heavy (non-hydrogen) atoms. The summed E-state index contributed by atoms with van der Waals surface area (Å²) in [5.41, 5.74) is 0.176. The quantitative estimate of drug-likeness (QED) is 0.355. The number of carboxylic acid groups (broad SMARTS) is 1. The van der Waals surface area contributed by atoms with Gasteiger partial charge in [0.15, 0.2) is 17.4 Å². The smallest absolute Gasteiger partial charge is 0.330 e. The molecule has 0 aromatic carbocycles. The van der Waals surface area contributed by atoms with Gasteiger partial charge in [0, 0.05) is 5.57 Å². The summed E-state index contributed by atoms with van der Waals surface area (Å²) in [6.07, 6.45) is 0. The van der Waals surface area contributed by atoms with Gasteiger partial charge in [0.2, 0.25) is 0 Å². The zero-order chi connectivity index (χ0) is 5.15.